The molecule has 0 amide bonds. The van der Waals surface area contributed by atoms with E-state index in [0.29, 0.717) is 32.8 Å². The lowest BCUT2D eigenvalue weighted by Crippen LogP contribution is -2.65. The second kappa shape index (κ2) is 34.9. The molecule has 1 N–H and O–H groups in total. The molecule has 42 heavy (non-hydrogen) atoms. The minimum Gasteiger partial charge on any atom is -0.481 e. The molecule has 0 rings (SSSR count). The molecule has 1 unspecified atom stereocenters. The van der Waals surface area contributed by atoms with Gasteiger partial charge in [0.2, 0.25) is 0 Å². The third kappa shape index (κ3) is 27.0. The van der Waals surface area contributed by atoms with Gasteiger partial charge in [0.1, 0.15) is 5.22 Å². The predicted octanol–water partition coefficient (Wildman–Crippen LogP) is 8.79. The summed E-state index contributed by atoms with van der Waals surface area (Å²) in [5.41, 5.74) is 0. The molecule has 0 saturated carbocycles. The first-order valence-electron chi connectivity index (χ1n) is 16.6. The van der Waals surface area contributed by atoms with Crippen LogP contribution in [0, 0.1) is 20.8 Å². The van der Waals surface area contributed by atoms with Crippen LogP contribution >= 0.6 is 0 Å². The smallest absolute Gasteiger partial charge is 0.481 e. The summed E-state index contributed by atoms with van der Waals surface area (Å²) in [6.45, 7) is 20.1. The van der Waals surface area contributed by atoms with Gasteiger partial charge in [0, 0.05) is 32.8 Å². The van der Waals surface area contributed by atoms with Gasteiger partial charge < -0.3 is 23.1 Å². The van der Waals surface area contributed by atoms with Crippen LogP contribution in [-0.2, 0) is 33.0 Å². The fourth-order valence-corrected chi connectivity index (χ4v) is 7.77. The Morgan fingerprint density at radius 3 is 1.24 bits per heavy atom. The van der Waals surface area contributed by atoms with E-state index in [9.17, 15) is 4.79 Å². The highest BCUT2D eigenvalue weighted by molar-refractivity contribution is 6.64. The van der Waals surface area contributed by atoms with Crippen LogP contribution in [0.4, 0.5) is 0 Å². The molecule has 0 aliphatic heterocycles. The van der Waals surface area contributed by atoms with Crippen molar-refractivity contribution in [3.05, 3.63) is 20.8 Å². The van der Waals surface area contributed by atoms with Crippen molar-refractivity contribution in [2.75, 3.05) is 39.6 Å². The molecule has 0 aliphatic rings. The molecule has 0 aliphatic carbocycles. The Labute approximate surface area is 261 Å². The topological polar surface area (TPSA) is 114 Å². The van der Waals surface area contributed by atoms with Gasteiger partial charge in [-0.15, -0.1) is 0 Å². The normalized spacial score (nSPS) is 12.6. The van der Waals surface area contributed by atoms with E-state index in [-0.39, 0.29) is 13.2 Å². The van der Waals surface area contributed by atoms with Crippen LogP contribution in [0.2, 0.25) is 0 Å². The van der Waals surface area contributed by atoms with Gasteiger partial charge in [0.15, 0.2) is 0 Å². The molecule has 0 spiro atoms. The number of carbonyl (C=O) groups is 1. The zero-order chi connectivity index (χ0) is 32.4. The number of aliphatic carboxylic acids is 1. The SMILES string of the molecule is [CH2]C(CCC)(OCCCCCCCCCCCCCCCCCC(=O)O)[Si](OCC)(OCC)OCC.[CH2]C[O].[CH2]C[O]. The molecule has 8 nitrogen and oxygen atoms in total. The lowest BCUT2D eigenvalue weighted by molar-refractivity contribution is -0.137. The van der Waals surface area contributed by atoms with Gasteiger partial charge in [-0.1, -0.05) is 96.8 Å². The Bertz CT molecular complexity index is 519. The highest BCUT2D eigenvalue weighted by Crippen LogP contribution is 2.33. The van der Waals surface area contributed by atoms with Gasteiger partial charge in [-0.3, -0.25) is 4.79 Å². The minimum atomic E-state index is -3.04. The Balaban J connectivity index is -0.00000231. The van der Waals surface area contributed by atoms with E-state index in [0.717, 1.165) is 32.1 Å². The Kier molecular flexibility index (Phi) is 38.2. The fourth-order valence-electron chi connectivity index (χ4n) is 4.75. The van der Waals surface area contributed by atoms with Gasteiger partial charge in [-0.2, -0.15) is 0 Å². The maximum absolute atomic E-state index is 10.5. The average molecular weight is 620 g/mol. The highest BCUT2D eigenvalue weighted by atomic mass is 28.4. The minimum absolute atomic E-state index is 0.250. The van der Waals surface area contributed by atoms with Gasteiger partial charge in [-0.05, 0) is 60.8 Å². The number of hydrogen-bond donors (Lipinski definition) is 1. The van der Waals surface area contributed by atoms with Crippen molar-refractivity contribution >= 4 is 14.8 Å². The third-order valence-corrected chi connectivity index (χ3v) is 10.1. The zero-order valence-electron chi connectivity index (χ0n) is 27.9. The summed E-state index contributed by atoms with van der Waals surface area (Å²) < 4.78 is 24.7. The summed E-state index contributed by atoms with van der Waals surface area (Å²) in [5.74, 6) is -0.668. The van der Waals surface area contributed by atoms with E-state index in [1.165, 1.54) is 77.0 Å². The van der Waals surface area contributed by atoms with Crippen LogP contribution in [0.5, 0.6) is 0 Å². The van der Waals surface area contributed by atoms with Crippen LogP contribution in [0.15, 0.2) is 0 Å². The van der Waals surface area contributed by atoms with Crippen molar-refractivity contribution in [3.63, 3.8) is 0 Å². The quantitative estimate of drug-likeness (QED) is 0.0691. The molecular formula is C33H67O8Si. The molecule has 0 aromatic heterocycles. The Morgan fingerprint density at radius 1 is 0.643 bits per heavy atom. The van der Waals surface area contributed by atoms with E-state index in [1.807, 2.05) is 20.8 Å². The molecule has 0 heterocycles. The predicted molar refractivity (Wildman–Crippen MR) is 173 cm³/mol. The molecule has 5 radical (unpaired) electrons. The number of ether oxygens (including phenoxy) is 1. The van der Waals surface area contributed by atoms with Crippen LogP contribution < -0.4 is 0 Å². The zero-order valence-corrected chi connectivity index (χ0v) is 28.9. The number of unbranched alkanes of at least 4 members (excludes halogenated alkanes) is 14. The van der Waals surface area contributed by atoms with E-state index in [4.69, 9.17) is 33.3 Å². The number of carboxylic acid groups (broad SMARTS) is 1. The number of rotatable bonds is 28. The number of carboxylic acids is 1. The van der Waals surface area contributed by atoms with E-state index in [2.05, 4.69) is 27.7 Å². The first-order chi connectivity index (χ1) is 20.2. The van der Waals surface area contributed by atoms with Gasteiger partial charge in [0.25, 0.3) is 0 Å². The first kappa shape index (κ1) is 45.9. The van der Waals surface area contributed by atoms with Crippen molar-refractivity contribution in [2.45, 2.75) is 148 Å². The van der Waals surface area contributed by atoms with Gasteiger partial charge in [0.05, 0.1) is 13.2 Å². The lowest BCUT2D eigenvalue weighted by Gasteiger charge is -2.42. The fraction of sp³-hybridized carbons (Fsp3) is 0.879. The second-order valence-corrected chi connectivity index (χ2v) is 13.2. The largest absolute Gasteiger partial charge is 0.534 e. The molecular weight excluding hydrogens is 552 g/mol. The summed E-state index contributed by atoms with van der Waals surface area (Å²) in [7, 11) is -3.04. The molecule has 0 saturated heterocycles. The van der Waals surface area contributed by atoms with Crippen LogP contribution in [0.3, 0.4) is 0 Å². The molecule has 0 fully saturated rings. The summed E-state index contributed by atoms with van der Waals surface area (Å²) in [5, 5.41) is 25.5. The summed E-state index contributed by atoms with van der Waals surface area (Å²) >= 11 is 0. The molecule has 0 aromatic carbocycles. The average Bonchev–Trinajstić information content (AvgIpc) is 2.93. The van der Waals surface area contributed by atoms with Crippen LogP contribution in [0.1, 0.15) is 143 Å². The van der Waals surface area contributed by atoms with Gasteiger partial charge >= 0.3 is 14.8 Å². The highest BCUT2D eigenvalue weighted by Gasteiger charge is 2.59. The summed E-state index contributed by atoms with van der Waals surface area (Å²) in [6.07, 6.45) is 20.5. The molecule has 0 bridgehead atoms. The summed E-state index contributed by atoms with van der Waals surface area (Å²) in [4.78, 5) is 10.5. The van der Waals surface area contributed by atoms with E-state index in [1.54, 1.807) is 0 Å². The molecule has 0 aromatic rings. The van der Waals surface area contributed by atoms with Crippen molar-refractivity contribution in [3.8, 4) is 0 Å². The van der Waals surface area contributed by atoms with Crippen molar-refractivity contribution < 1.29 is 38.1 Å². The van der Waals surface area contributed by atoms with Crippen LogP contribution in [0.25, 0.3) is 0 Å². The third-order valence-electron chi connectivity index (χ3n) is 6.63. The molecule has 1 atom stereocenters. The van der Waals surface area contributed by atoms with E-state index < -0.39 is 20.0 Å². The maximum Gasteiger partial charge on any atom is 0.534 e. The number of hydrogen-bond acceptors (Lipinski definition) is 5. The maximum atomic E-state index is 10.5. The van der Waals surface area contributed by atoms with Crippen LogP contribution in [-0.4, -0.2) is 64.7 Å². The van der Waals surface area contributed by atoms with E-state index >= 15 is 0 Å². The molecule has 251 valence electrons. The standard InChI is InChI=1S/C29H59O6Si.2C2H4O/c1-6-26-29(5,36(33-7-2,34-8-3)35-9-4)32-27-24-22-20-18-16-14-12-10-11-13-15-17-19-21-23-25-28(30)31;2*1-2-3/h5-27H2,1-4H3,(H,30,31);2*1-2H2. The van der Waals surface area contributed by atoms with Crippen molar-refractivity contribution in [1.82, 2.24) is 0 Å². The first-order valence-corrected chi connectivity index (χ1v) is 18.3. The van der Waals surface area contributed by atoms with Gasteiger partial charge in [-0.25, -0.2) is 10.2 Å². The monoisotopic (exact) mass is 619 g/mol. The Hall–Kier alpha value is -0.553. The second-order valence-electron chi connectivity index (χ2n) is 10.3. The Morgan fingerprint density at radius 2 is 0.952 bits per heavy atom. The van der Waals surface area contributed by atoms with Crippen molar-refractivity contribution in [1.29, 1.82) is 0 Å². The lowest BCUT2D eigenvalue weighted by atomic mass is 10.0. The van der Waals surface area contributed by atoms with Crippen molar-refractivity contribution in [2.24, 2.45) is 0 Å². The summed E-state index contributed by atoms with van der Waals surface area (Å²) in [6, 6.07) is 0. The molecule has 9 heteroatoms.